The SMILES string of the molecule is COC(=O)c1cc(NC(=O)CN2C(=O)NC(c3ccccc3)(c3ccccc3)C2=O)cc(C(=O)OC)c1. The number of carbonyl (C=O) groups excluding carboxylic acids is 5. The van der Waals surface area contributed by atoms with Crippen molar-refractivity contribution in [3.63, 3.8) is 0 Å². The van der Waals surface area contributed by atoms with E-state index < -0.39 is 41.9 Å². The molecule has 0 aliphatic carbocycles. The summed E-state index contributed by atoms with van der Waals surface area (Å²) < 4.78 is 9.40. The highest BCUT2D eigenvalue weighted by Gasteiger charge is 2.54. The van der Waals surface area contributed by atoms with Crippen molar-refractivity contribution in [1.82, 2.24) is 10.2 Å². The Labute approximate surface area is 212 Å². The van der Waals surface area contributed by atoms with Crippen molar-refractivity contribution >= 4 is 35.5 Å². The second kappa shape index (κ2) is 10.3. The Bertz CT molecular complexity index is 1300. The van der Waals surface area contributed by atoms with Gasteiger partial charge in [0.1, 0.15) is 6.54 Å². The molecule has 0 spiro atoms. The minimum Gasteiger partial charge on any atom is -0.465 e. The average molecular weight is 501 g/mol. The third-order valence-corrected chi connectivity index (χ3v) is 5.88. The largest absolute Gasteiger partial charge is 0.465 e. The number of ether oxygens (including phenoxy) is 2. The fraction of sp³-hybridized carbons (Fsp3) is 0.148. The third kappa shape index (κ3) is 4.76. The molecule has 0 aromatic heterocycles. The second-order valence-electron chi connectivity index (χ2n) is 8.13. The van der Waals surface area contributed by atoms with Crippen molar-refractivity contribution in [2.75, 3.05) is 26.1 Å². The summed E-state index contributed by atoms with van der Waals surface area (Å²) in [5, 5.41) is 5.29. The number of esters is 2. The first-order valence-corrected chi connectivity index (χ1v) is 11.2. The fourth-order valence-corrected chi connectivity index (χ4v) is 4.17. The topological polar surface area (TPSA) is 131 Å². The lowest BCUT2D eigenvalue weighted by Gasteiger charge is -2.28. The van der Waals surface area contributed by atoms with Crippen molar-refractivity contribution in [2.45, 2.75) is 5.54 Å². The first-order chi connectivity index (χ1) is 17.8. The van der Waals surface area contributed by atoms with E-state index in [0.717, 1.165) is 4.90 Å². The van der Waals surface area contributed by atoms with Gasteiger partial charge in [-0.2, -0.15) is 0 Å². The predicted molar refractivity (Wildman–Crippen MR) is 132 cm³/mol. The summed E-state index contributed by atoms with van der Waals surface area (Å²) in [6.45, 7) is -0.609. The number of hydrogen-bond acceptors (Lipinski definition) is 7. The highest BCUT2D eigenvalue weighted by Crippen LogP contribution is 2.35. The molecule has 10 heteroatoms. The highest BCUT2D eigenvalue weighted by atomic mass is 16.5. The van der Waals surface area contributed by atoms with E-state index in [9.17, 15) is 24.0 Å². The van der Waals surface area contributed by atoms with Crippen LogP contribution in [-0.4, -0.2) is 55.4 Å². The van der Waals surface area contributed by atoms with Gasteiger partial charge in [0.05, 0.1) is 25.3 Å². The zero-order chi connectivity index (χ0) is 26.6. The summed E-state index contributed by atoms with van der Waals surface area (Å²) in [4.78, 5) is 64.5. The van der Waals surface area contributed by atoms with Gasteiger partial charge in [0.15, 0.2) is 5.54 Å². The molecule has 4 amide bonds. The van der Waals surface area contributed by atoms with Gasteiger partial charge < -0.3 is 20.1 Å². The number of imide groups is 1. The van der Waals surface area contributed by atoms with Crippen LogP contribution in [0, 0.1) is 0 Å². The highest BCUT2D eigenvalue weighted by molar-refractivity contribution is 6.12. The molecule has 2 N–H and O–H groups in total. The van der Waals surface area contributed by atoms with Crippen LogP contribution < -0.4 is 10.6 Å². The fourth-order valence-electron chi connectivity index (χ4n) is 4.17. The summed E-state index contributed by atoms with van der Waals surface area (Å²) in [5.74, 6) is -2.81. The molecule has 1 fully saturated rings. The molecule has 1 aliphatic heterocycles. The molecule has 10 nitrogen and oxygen atoms in total. The minimum atomic E-state index is -1.51. The van der Waals surface area contributed by atoms with Crippen molar-refractivity contribution in [3.8, 4) is 0 Å². The first kappa shape index (κ1) is 25.1. The summed E-state index contributed by atoms with van der Waals surface area (Å²) >= 11 is 0. The molecule has 1 heterocycles. The molecular weight excluding hydrogens is 478 g/mol. The van der Waals surface area contributed by atoms with Gasteiger partial charge in [0.25, 0.3) is 5.91 Å². The molecule has 1 saturated heterocycles. The molecule has 37 heavy (non-hydrogen) atoms. The Kier molecular flexibility index (Phi) is 7.01. The van der Waals surface area contributed by atoms with Crippen LogP contribution in [0.4, 0.5) is 10.5 Å². The monoisotopic (exact) mass is 501 g/mol. The molecule has 1 aliphatic rings. The van der Waals surface area contributed by atoms with E-state index in [1.54, 1.807) is 60.7 Å². The van der Waals surface area contributed by atoms with Crippen molar-refractivity contribution in [1.29, 1.82) is 0 Å². The van der Waals surface area contributed by atoms with Gasteiger partial charge in [-0.15, -0.1) is 0 Å². The summed E-state index contributed by atoms with van der Waals surface area (Å²) in [5.41, 5.74) is -0.349. The molecule has 4 rings (SSSR count). The third-order valence-electron chi connectivity index (χ3n) is 5.88. The maximum absolute atomic E-state index is 13.7. The zero-order valence-corrected chi connectivity index (χ0v) is 20.0. The molecular formula is C27H23N3O7. The summed E-state index contributed by atoms with van der Waals surface area (Å²) in [6, 6.07) is 20.6. The Morgan fingerprint density at radius 2 is 1.30 bits per heavy atom. The molecule has 0 unspecified atom stereocenters. The van der Waals surface area contributed by atoms with Gasteiger partial charge in [-0.25, -0.2) is 14.4 Å². The molecule has 188 valence electrons. The normalized spacial score (nSPS) is 14.1. The minimum absolute atomic E-state index is 0.00265. The van der Waals surface area contributed by atoms with Crippen LogP contribution >= 0.6 is 0 Å². The summed E-state index contributed by atoms with van der Waals surface area (Å²) in [6.07, 6.45) is 0. The van der Waals surface area contributed by atoms with Gasteiger partial charge in [0, 0.05) is 5.69 Å². The quantitative estimate of drug-likeness (QED) is 0.376. The van der Waals surface area contributed by atoms with E-state index >= 15 is 0 Å². The number of amides is 4. The maximum atomic E-state index is 13.7. The second-order valence-corrected chi connectivity index (χ2v) is 8.13. The van der Waals surface area contributed by atoms with Crippen LogP contribution in [0.25, 0.3) is 0 Å². The number of hydrogen-bond donors (Lipinski definition) is 2. The standard InChI is InChI=1S/C27H23N3O7/c1-36-23(32)17-13-18(24(33)37-2)15-21(14-17)28-22(31)16-30-25(34)27(29-26(30)35,19-9-5-3-6-10-19)20-11-7-4-8-12-20/h3-15H,16H2,1-2H3,(H,28,31)(H,29,35). The van der Waals surface area contributed by atoms with Crippen LogP contribution in [0.3, 0.4) is 0 Å². The number of benzene rings is 3. The maximum Gasteiger partial charge on any atom is 0.337 e. The van der Waals surface area contributed by atoms with Gasteiger partial charge in [-0.3, -0.25) is 14.5 Å². The van der Waals surface area contributed by atoms with Crippen LogP contribution in [0.15, 0.2) is 78.9 Å². The van der Waals surface area contributed by atoms with Crippen LogP contribution in [0.5, 0.6) is 0 Å². The van der Waals surface area contributed by atoms with E-state index in [1.807, 2.05) is 0 Å². The molecule has 0 saturated carbocycles. The Hall–Kier alpha value is -4.99. The molecule has 3 aromatic rings. The van der Waals surface area contributed by atoms with Gasteiger partial charge in [-0.05, 0) is 29.3 Å². The van der Waals surface area contributed by atoms with Crippen molar-refractivity contribution in [2.24, 2.45) is 0 Å². The predicted octanol–water partition coefficient (Wildman–Crippen LogP) is 2.69. The Morgan fingerprint density at radius 1 is 0.811 bits per heavy atom. The first-order valence-electron chi connectivity index (χ1n) is 11.2. The van der Waals surface area contributed by atoms with Crippen molar-refractivity contribution in [3.05, 3.63) is 101 Å². The van der Waals surface area contributed by atoms with Crippen molar-refractivity contribution < 1.29 is 33.4 Å². The number of nitrogens with zero attached hydrogens (tertiary/aromatic N) is 1. The lowest BCUT2D eigenvalue weighted by atomic mass is 9.82. The van der Waals surface area contributed by atoms with Crippen LogP contribution in [-0.2, 0) is 24.6 Å². The number of carbonyl (C=O) groups is 5. The number of methoxy groups -OCH3 is 2. The molecule has 0 radical (unpaired) electrons. The molecule has 0 atom stereocenters. The van der Waals surface area contributed by atoms with E-state index in [0.29, 0.717) is 11.1 Å². The van der Waals surface area contributed by atoms with Gasteiger partial charge >= 0.3 is 18.0 Å². The Balaban J connectivity index is 1.62. The molecule has 0 bridgehead atoms. The zero-order valence-electron chi connectivity index (χ0n) is 20.0. The van der Waals surface area contributed by atoms with Gasteiger partial charge in [0.2, 0.25) is 5.91 Å². The lowest BCUT2D eigenvalue weighted by Crippen LogP contribution is -2.45. The van der Waals surface area contributed by atoms with E-state index in [-0.39, 0.29) is 16.8 Å². The smallest absolute Gasteiger partial charge is 0.337 e. The van der Waals surface area contributed by atoms with E-state index in [1.165, 1.54) is 32.4 Å². The number of anilines is 1. The van der Waals surface area contributed by atoms with Gasteiger partial charge in [-0.1, -0.05) is 60.7 Å². The number of nitrogens with one attached hydrogen (secondary N) is 2. The van der Waals surface area contributed by atoms with E-state index in [4.69, 9.17) is 9.47 Å². The molecule has 3 aromatic carbocycles. The van der Waals surface area contributed by atoms with E-state index in [2.05, 4.69) is 10.6 Å². The van der Waals surface area contributed by atoms with Crippen LogP contribution in [0.2, 0.25) is 0 Å². The Morgan fingerprint density at radius 3 is 1.76 bits per heavy atom. The number of rotatable bonds is 7. The van der Waals surface area contributed by atoms with Crippen LogP contribution in [0.1, 0.15) is 31.8 Å². The lowest BCUT2D eigenvalue weighted by molar-refractivity contribution is -0.133. The number of urea groups is 1. The summed E-state index contributed by atoms with van der Waals surface area (Å²) in [7, 11) is 2.35. The average Bonchev–Trinajstić information content (AvgIpc) is 3.18.